The topological polar surface area (TPSA) is 97.1 Å². The van der Waals surface area contributed by atoms with Gasteiger partial charge in [0.25, 0.3) is 5.56 Å². The van der Waals surface area contributed by atoms with E-state index in [9.17, 15) is 9.59 Å². The third kappa shape index (κ3) is 4.69. The molecule has 160 valence electrons. The third-order valence-corrected chi connectivity index (χ3v) is 5.13. The molecule has 0 fully saturated rings. The minimum Gasteiger partial charge on any atom is -0.303 e. The smallest absolute Gasteiger partial charge is 0.303 e. The first-order valence-corrected chi connectivity index (χ1v) is 10.6. The van der Waals surface area contributed by atoms with Crippen LogP contribution in [-0.4, -0.2) is 24.8 Å². The van der Waals surface area contributed by atoms with Crippen molar-refractivity contribution in [1.82, 2.24) is 19.1 Å². The van der Waals surface area contributed by atoms with Crippen molar-refractivity contribution in [2.75, 3.05) is 5.43 Å². The van der Waals surface area contributed by atoms with Crippen LogP contribution in [0.5, 0.6) is 0 Å². The summed E-state index contributed by atoms with van der Waals surface area (Å²) in [5, 5.41) is 4.62. The molecule has 1 aromatic carbocycles. The third-order valence-electron chi connectivity index (χ3n) is 5.13. The van der Waals surface area contributed by atoms with Crippen molar-refractivity contribution >= 4 is 22.8 Å². The molecule has 0 aliphatic carbocycles. The summed E-state index contributed by atoms with van der Waals surface area (Å²) in [6.45, 7) is 4.90. The number of H-pyrrole nitrogens is 1. The molecule has 3 rings (SSSR count). The predicted molar refractivity (Wildman–Crippen MR) is 121 cm³/mol. The van der Waals surface area contributed by atoms with Crippen LogP contribution in [0, 0.1) is 0 Å². The second-order valence-corrected chi connectivity index (χ2v) is 7.42. The Bertz CT molecular complexity index is 1120. The monoisotopic (exact) mass is 410 g/mol. The van der Waals surface area contributed by atoms with Gasteiger partial charge in [0.05, 0.1) is 5.71 Å². The van der Waals surface area contributed by atoms with Crippen molar-refractivity contribution in [3.63, 3.8) is 0 Å². The lowest BCUT2D eigenvalue weighted by atomic mass is 10.1. The predicted octanol–water partition coefficient (Wildman–Crippen LogP) is 3.62. The van der Waals surface area contributed by atoms with E-state index in [0.29, 0.717) is 23.7 Å². The van der Waals surface area contributed by atoms with E-state index in [0.717, 1.165) is 49.8 Å². The molecule has 0 spiro atoms. The lowest BCUT2D eigenvalue weighted by Gasteiger charge is -2.10. The van der Waals surface area contributed by atoms with Gasteiger partial charge in [-0.1, -0.05) is 69.9 Å². The highest BCUT2D eigenvalue weighted by atomic mass is 16.2. The van der Waals surface area contributed by atoms with Crippen molar-refractivity contribution in [2.24, 2.45) is 12.1 Å². The fourth-order valence-electron chi connectivity index (χ4n) is 3.48. The van der Waals surface area contributed by atoms with Gasteiger partial charge in [-0.05, 0) is 18.4 Å². The van der Waals surface area contributed by atoms with Crippen molar-refractivity contribution in [3.8, 4) is 0 Å². The number of aryl methyl sites for hydroxylation is 2. The first-order valence-electron chi connectivity index (χ1n) is 10.6. The molecule has 2 N–H and O–H groups in total. The second-order valence-electron chi connectivity index (χ2n) is 7.42. The molecule has 0 radical (unpaired) electrons. The number of rotatable bonds is 10. The lowest BCUT2D eigenvalue weighted by molar-refractivity contribution is 0.593. The minimum atomic E-state index is -0.478. The summed E-state index contributed by atoms with van der Waals surface area (Å²) in [6.07, 6.45) is 6.02. The summed E-state index contributed by atoms with van der Waals surface area (Å²) >= 11 is 0. The van der Waals surface area contributed by atoms with Crippen LogP contribution in [0.3, 0.4) is 0 Å². The number of hydrogen-bond donors (Lipinski definition) is 2. The van der Waals surface area contributed by atoms with Crippen LogP contribution < -0.4 is 16.7 Å². The van der Waals surface area contributed by atoms with Gasteiger partial charge in [0.15, 0.2) is 11.2 Å². The van der Waals surface area contributed by atoms with Crippen LogP contribution in [0.25, 0.3) is 11.2 Å². The molecule has 0 saturated heterocycles. The zero-order chi connectivity index (χ0) is 21.5. The Morgan fingerprint density at radius 3 is 2.57 bits per heavy atom. The van der Waals surface area contributed by atoms with Gasteiger partial charge in [-0.3, -0.25) is 14.3 Å². The van der Waals surface area contributed by atoms with Gasteiger partial charge >= 0.3 is 5.69 Å². The van der Waals surface area contributed by atoms with E-state index in [-0.39, 0.29) is 0 Å². The molecule has 3 aromatic rings. The number of hydrazone groups is 1. The summed E-state index contributed by atoms with van der Waals surface area (Å²) in [6, 6.07) is 10.00. The van der Waals surface area contributed by atoms with Crippen LogP contribution in [0.4, 0.5) is 5.95 Å². The van der Waals surface area contributed by atoms with Crippen molar-refractivity contribution < 1.29 is 0 Å². The fourth-order valence-corrected chi connectivity index (χ4v) is 3.48. The Balaban J connectivity index is 2.02. The first-order chi connectivity index (χ1) is 14.6. The number of nitrogens with one attached hydrogen (secondary N) is 2. The van der Waals surface area contributed by atoms with Gasteiger partial charge in [0, 0.05) is 13.6 Å². The maximum atomic E-state index is 12.5. The molecule has 8 heteroatoms. The summed E-state index contributed by atoms with van der Waals surface area (Å²) in [4.78, 5) is 31.5. The minimum absolute atomic E-state index is 0.355. The van der Waals surface area contributed by atoms with E-state index in [1.807, 2.05) is 34.9 Å². The molecule has 8 nitrogen and oxygen atoms in total. The molecule has 2 heterocycles. The molecule has 0 aliphatic heterocycles. The number of fused-ring (bicyclic) bond motifs is 1. The van der Waals surface area contributed by atoms with Crippen LogP contribution in [-0.2, 0) is 13.6 Å². The highest BCUT2D eigenvalue weighted by Crippen LogP contribution is 2.18. The zero-order valence-corrected chi connectivity index (χ0v) is 17.9. The van der Waals surface area contributed by atoms with Gasteiger partial charge in [-0.2, -0.15) is 10.1 Å². The van der Waals surface area contributed by atoms with Gasteiger partial charge in [0.1, 0.15) is 0 Å². The largest absolute Gasteiger partial charge is 0.329 e. The Morgan fingerprint density at radius 1 is 1.10 bits per heavy atom. The lowest BCUT2D eigenvalue weighted by Crippen LogP contribution is -2.29. The molecular weight excluding hydrogens is 380 g/mol. The number of unbranched alkanes of at least 4 members (excludes halogenated alkanes) is 3. The molecular formula is C22H30N6O2. The summed E-state index contributed by atoms with van der Waals surface area (Å²) < 4.78 is 3.19. The number of aromatic amines is 1. The number of anilines is 1. The standard InChI is InChI=1S/C22H30N6O2/c1-4-6-7-11-15-28-18-19(27(3)22(30)24-20(18)29)23-21(28)26-25-17(12-5-2)16-13-9-8-10-14-16/h8-10,13-14H,4-7,11-12,15H2,1-3H3,(H,23,26)(H,24,29,30)/b25-17+. The summed E-state index contributed by atoms with van der Waals surface area (Å²) in [5.41, 5.74) is 4.88. The normalized spacial score (nSPS) is 11.9. The molecule has 2 aromatic heterocycles. The number of aromatic nitrogens is 4. The van der Waals surface area contributed by atoms with Crippen LogP contribution in [0.1, 0.15) is 57.9 Å². The highest BCUT2D eigenvalue weighted by Gasteiger charge is 2.17. The summed E-state index contributed by atoms with van der Waals surface area (Å²) in [5.74, 6) is 0.470. The van der Waals surface area contributed by atoms with Crippen molar-refractivity contribution in [2.45, 2.75) is 58.9 Å². The molecule has 0 amide bonds. The molecule has 30 heavy (non-hydrogen) atoms. The Morgan fingerprint density at radius 2 is 1.87 bits per heavy atom. The van der Waals surface area contributed by atoms with Crippen LogP contribution >= 0.6 is 0 Å². The van der Waals surface area contributed by atoms with Gasteiger partial charge in [-0.15, -0.1) is 0 Å². The van der Waals surface area contributed by atoms with E-state index in [1.54, 1.807) is 7.05 Å². The number of benzene rings is 1. The molecule has 0 unspecified atom stereocenters. The van der Waals surface area contributed by atoms with E-state index < -0.39 is 11.2 Å². The number of nitrogens with zero attached hydrogens (tertiary/aromatic N) is 4. The van der Waals surface area contributed by atoms with E-state index >= 15 is 0 Å². The van der Waals surface area contributed by atoms with Gasteiger partial charge < -0.3 is 4.57 Å². The Hall–Kier alpha value is -3.16. The van der Waals surface area contributed by atoms with Crippen molar-refractivity contribution in [3.05, 3.63) is 56.7 Å². The Kier molecular flexibility index (Phi) is 7.21. The van der Waals surface area contributed by atoms with E-state index in [2.05, 4.69) is 34.3 Å². The van der Waals surface area contributed by atoms with Gasteiger partial charge in [-0.25, -0.2) is 10.2 Å². The summed E-state index contributed by atoms with van der Waals surface area (Å²) in [7, 11) is 1.61. The average Bonchev–Trinajstić information content (AvgIpc) is 3.12. The maximum absolute atomic E-state index is 12.5. The van der Waals surface area contributed by atoms with E-state index in [4.69, 9.17) is 0 Å². The number of imidazole rings is 1. The number of hydrogen-bond acceptors (Lipinski definition) is 5. The Labute approximate surface area is 175 Å². The zero-order valence-electron chi connectivity index (χ0n) is 17.9. The molecule has 0 bridgehead atoms. The molecule has 0 atom stereocenters. The van der Waals surface area contributed by atoms with Gasteiger partial charge in [0.2, 0.25) is 5.95 Å². The fraction of sp³-hybridized carbons (Fsp3) is 0.455. The quantitative estimate of drug-likeness (QED) is 0.303. The molecule has 0 saturated carbocycles. The first kappa shape index (κ1) is 21.5. The molecule has 0 aliphatic rings. The van der Waals surface area contributed by atoms with E-state index in [1.165, 1.54) is 4.57 Å². The van der Waals surface area contributed by atoms with Crippen molar-refractivity contribution in [1.29, 1.82) is 0 Å². The SMILES string of the molecule is CCCCCCn1c(N/N=C(\CCC)c2ccccc2)nc2c1c(=O)[nH]c(=O)n2C. The second kappa shape index (κ2) is 10.0. The van der Waals surface area contributed by atoms with Crippen LogP contribution in [0.2, 0.25) is 0 Å². The average molecular weight is 411 g/mol. The van der Waals surface area contributed by atoms with Crippen LogP contribution in [0.15, 0.2) is 45.0 Å². The highest BCUT2D eigenvalue weighted by molar-refractivity contribution is 6.00. The maximum Gasteiger partial charge on any atom is 0.329 e.